The van der Waals surface area contributed by atoms with Crippen LogP contribution in [-0.2, 0) is 27.5 Å². The smallest absolute Gasteiger partial charge is 0.333 e. The zero-order chi connectivity index (χ0) is 26.2. The molecule has 1 fully saturated rings. The van der Waals surface area contributed by atoms with Gasteiger partial charge in [0.15, 0.2) is 0 Å². The van der Waals surface area contributed by atoms with Gasteiger partial charge in [0.05, 0.1) is 17.2 Å². The summed E-state index contributed by atoms with van der Waals surface area (Å²) in [5.41, 5.74) is 1.59. The fourth-order valence-electron chi connectivity index (χ4n) is 4.12. The first-order chi connectivity index (χ1) is 17.9. The van der Waals surface area contributed by atoms with E-state index in [0.29, 0.717) is 34.8 Å². The van der Waals surface area contributed by atoms with Crippen LogP contribution >= 0.6 is 11.3 Å². The number of amides is 1. The Hall–Kier alpha value is -3.65. The molecule has 3 aromatic rings. The summed E-state index contributed by atoms with van der Waals surface area (Å²) in [4.78, 5) is 40.2. The normalized spacial score (nSPS) is 15.1. The number of esters is 1. The molecule has 1 aliphatic rings. The van der Waals surface area contributed by atoms with E-state index < -0.39 is 5.97 Å². The number of benzene rings is 2. The molecule has 0 aliphatic carbocycles. The first kappa shape index (κ1) is 26.4. The Morgan fingerprint density at radius 1 is 1.05 bits per heavy atom. The van der Waals surface area contributed by atoms with Crippen LogP contribution in [0.4, 0.5) is 0 Å². The molecule has 0 radical (unpaired) electrons. The minimum atomic E-state index is -0.539. The van der Waals surface area contributed by atoms with Crippen LogP contribution in [0.15, 0.2) is 59.4 Å². The fourth-order valence-corrected chi connectivity index (χ4v) is 5.15. The number of nitrogens with zero attached hydrogens (tertiary/aromatic N) is 2. The van der Waals surface area contributed by atoms with E-state index in [1.807, 2.05) is 54.6 Å². The molecule has 194 valence electrons. The highest BCUT2D eigenvalue weighted by molar-refractivity contribution is 7.07. The SMILES string of the molecule is CCOC(=O)C=c1sc(=Cc2ccc(OCc3ccccc3)cc2)c(=O)n1CC(=O)N1CCC(C)CC1. The number of likely N-dealkylation sites (tertiary alicyclic amines) is 1. The van der Waals surface area contributed by atoms with Crippen molar-refractivity contribution in [2.24, 2.45) is 5.92 Å². The van der Waals surface area contributed by atoms with Crippen LogP contribution in [0.3, 0.4) is 0 Å². The van der Waals surface area contributed by atoms with Gasteiger partial charge >= 0.3 is 5.97 Å². The van der Waals surface area contributed by atoms with Gasteiger partial charge in [-0.2, -0.15) is 0 Å². The van der Waals surface area contributed by atoms with E-state index in [0.717, 1.165) is 29.7 Å². The molecule has 0 saturated carbocycles. The van der Waals surface area contributed by atoms with E-state index in [4.69, 9.17) is 9.47 Å². The second kappa shape index (κ2) is 12.5. The van der Waals surface area contributed by atoms with Crippen molar-refractivity contribution in [2.45, 2.75) is 39.8 Å². The maximum atomic E-state index is 13.3. The van der Waals surface area contributed by atoms with E-state index in [1.165, 1.54) is 22.0 Å². The van der Waals surface area contributed by atoms with Gasteiger partial charge in [-0.05, 0) is 55.0 Å². The van der Waals surface area contributed by atoms with Crippen LogP contribution in [-0.4, -0.2) is 41.0 Å². The summed E-state index contributed by atoms with van der Waals surface area (Å²) in [6.45, 7) is 5.88. The van der Waals surface area contributed by atoms with E-state index in [9.17, 15) is 14.4 Å². The highest BCUT2D eigenvalue weighted by atomic mass is 32.1. The van der Waals surface area contributed by atoms with Gasteiger partial charge in [-0.3, -0.25) is 14.2 Å². The Bertz CT molecular complexity index is 1380. The molecule has 1 aliphatic heterocycles. The predicted molar refractivity (Wildman–Crippen MR) is 145 cm³/mol. The number of aromatic nitrogens is 1. The van der Waals surface area contributed by atoms with Crippen molar-refractivity contribution in [3.8, 4) is 5.75 Å². The van der Waals surface area contributed by atoms with Crippen LogP contribution in [0.25, 0.3) is 12.2 Å². The summed E-state index contributed by atoms with van der Waals surface area (Å²) in [5.74, 6) is 0.666. The van der Waals surface area contributed by atoms with Crippen LogP contribution in [0.5, 0.6) is 5.75 Å². The second-order valence-electron chi connectivity index (χ2n) is 9.14. The van der Waals surface area contributed by atoms with Gasteiger partial charge < -0.3 is 14.4 Å². The van der Waals surface area contributed by atoms with Crippen LogP contribution in [0, 0.1) is 5.92 Å². The summed E-state index contributed by atoms with van der Waals surface area (Å²) in [6, 6.07) is 17.4. The van der Waals surface area contributed by atoms with Gasteiger partial charge in [0.1, 0.15) is 23.6 Å². The molecule has 1 saturated heterocycles. The van der Waals surface area contributed by atoms with Crippen molar-refractivity contribution in [3.05, 3.63) is 85.3 Å². The first-order valence-electron chi connectivity index (χ1n) is 12.6. The van der Waals surface area contributed by atoms with Crippen LogP contribution in [0.2, 0.25) is 0 Å². The van der Waals surface area contributed by atoms with Crippen molar-refractivity contribution in [2.75, 3.05) is 19.7 Å². The van der Waals surface area contributed by atoms with Crippen molar-refractivity contribution in [3.63, 3.8) is 0 Å². The summed E-state index contributed by atoms with van der Waals surface area (Å²) in [7, 11) is 0. The lowest BCUT2D eigenvalue weighted by Crippen LogP contribution is -2.43. The molecule has 7 nitrogen and oxygen atoms in total. The molecular formula is C29H32N2O5S. The minimum Gasteiger partial charge on any atom is -0.489 e. The number of carbonyl (C=O) groups is 2. The number of rotatable bonds is 8. The average molecular weight is 521 g/mol. The Balaban J connectivity index is 1.57. The lowest BCUT2D eigenvalue weighted by molar-refractivity contribution is -0.136. The van der Waals surface area contributed by atoms with Crippen molar-refractivity contribution in [1.82, 2.24) is 9.47 Å². The molecule has 2 heterocycles. The largest absolute Gasteiger partial charge is 0.489 e. The minimum absolute atomic E-state index is 0.102. The molecule has 2 aromatic carbocycles. The molecular weight excluding hydrogens is 488 g/mol. The fraction of sp³-hybridized carbons (Fsp3) is 0.345. The van der Waals surface area contributed by atoms with E-state index in [1.54, 1.807) is 17.9 Å². The zero-order valence-corrected chi connectivity index (χ0v) is 22.0. The molecule has 0 atom stereocenters. The average Bonchev–Trinajstić information content (AvgIpc) is 3.18. The van der Waals surface area contributed by atoms with E-state index in [-0.39, 0.29) is 24.6 Å². The molecule has 4 rings (SSSR count). The lowest BCUT2D eigenvalue weighted by atomic mass is 9.99. The summed E-state index contributed by atoms with van der Waals surface area (Å²) >= 11 is 1.17. The van der Waals surface area contributed by atoms with Crippen LogP contribution in [0.1, 0.15) is 37.8 Å². The molecule has 0 bridgehead atoms. The summed E-state index contributed by atoms with van der Waals surface area (Å²) < 4.78 is 13.1. The predicted octanol–water partition coefficient (Wildman–Crippen LogP) is 2.92. The Labute approximate surface area is 220 Å². The standard InChI is InChI=1S/C29H32N2O5S/c1-3-35-28(33)18-27-31(19-26(32)30-15-13-21(2)14-16-30)29(34)25(37-27)17-22-9-11-24(12-10-22)36-20-23-7-5-4-6-8-23/h4-12,17-18,21H,3,13-16,19-20H2,1-2H3. The third kappa shape index (κ3) is 7.20. The number of hydrogen-bond acceptors (Lipinski definition) is 6. The summed E-state index contributed by atoms with van der Waals surface area (Å²) in [6.07, 6.45) is 4.96. The molecule has 0 unspecified atom stereocenters. The number of piperidine rings is 1. The number of carbonyl (C=O) groups excluding carboxylic acids is 2. The monoisotopic (exact) mass is 520 g/mol. The molecule has 8 heteroatoms. The van der Waals surface area contributed by atoms with Crippen molar-refractivity contribution < 1.29 is 19.1 Å². The van der Waals surface area contributed by atoms with E-state index in [2.05, 4.69) is 6.92 Å². The quantitative estimate of drug-likeness (QED) is 0.427. The highest BCUT2D eigenvalue weighted by Crippen LogP contribution is 2.16. The van der Waals surface area contributed by atoms with E-state index >= 15 is 0 Å². The Morgan fingerprint density at radius 2 is 1.76 bits per heavy atom. The first-order valence-corrected chi connectivity index (χ1v) is 13.4. The van der Waals surface area contributed by atoms with Crippen LogP contribution < -0.4 is 19.5 Å². The zero-order valence-electron chi connectivity index (χ0n) is 21.2. The van der Waals surface area contributed by atoms with Gasteiger partial charge in [0.2, 0.25) is 5.91 Å². The maximum Gasteiger partial charge on any atom is 0.333 e. The van der Waals surface area contributed by atoms with Gasteiger partial charge in [-0.1, -0.05) is 49.4 Å². The number of ether oxygens (including phenoxy) is 2. The molecule has 0 spiro atoms. The third-order valence-electron chi connectivity index (χ3n) is 6.32. The van der Waals surface area contributed by atoms with Gasteiger partial charge in [0.25, 0.3) is 5.56 Å². The molecule has 1 amide bonds. The van der Waals surface area contributed by atoms with Crippen molar-refractivity contribution >= 4 is 35.4 Å². The lowest BCUT2D eigenvalue weighted by Gasteiger charge is -2.30. The highest BCUT2D eigenvalue weighted by Gasteiger charge is 2.21. The molecule has 1 aromatic heterocycles. The number of hydrogen-bond donors (Lipinski definition) is 0. The Kier molecular flexibility index (Phi) is 8.95. The molecule has 37 heavy (non-hydrogen) atoms. The van der Waals surface area contributed by atoms with Gasteiger partial charge in [-0.25, -0.2) is 4.79 Å². The number of thiazole rings is 1. The maximum absolute atomic E-state index is 13.3. The Morgan fingerprint density at radius 3 is 2.43 bits per heavy atom. The van der Waals surface area contributed by atoms with Crippen molar-refractivity contribution in [1.29, 1.82) is 0 Å². The van der Waals surface area contributed by atoms with Gasteiger partial charge in [-0.15, -0.1) is 11.3 Å². The van der Waals surface area contributed by atoms with Gasteiger partial charge in [0, 0.05) is 13.1 Å². The molecule has 0 N–H and O–H groups in total. The summed E-state index contributed by atoms with van der Waals surface area (Å²) in [5, 5.41) is 0. The second-order valence-corrected chi connectivity index (χ2v) is 10.2. The third-order valence-corrected chi connectivity index (χ3v) is 7.38. The topological polar surface area (TPSA) is 77.8 Å².